The fraction of sp³-hybridized carbons (Fsp3) is 0.583. The van der Waals surface area contributed by atoms with Gasteiger partial charge in [0.2, 0.25) is 5.91 Å². The Hall–Kier alpha value is -2.50. The highest BCUT2D eigenvalue weighted by molar-refractivity contribution is 7.16. The van der Waals surface area contributed by atoms with Crippen LogP contribution in [0.25, 0.3) is 0 Å². The van der Waals surface area contributed by atoms with Gasteiger partial charge in [0.25, 0.3) is 0 Å². The number of piperazine rings is 1. The molecule has 2 aliphatic rings. The Kier molecular flexibility index (Phi) is 7.07. The number of aryl methyl sites for hydroxylation is 2. The zero-order valence-corrected chi connectivity index (χ0v) is 20.1. The number of thiophene rings is 1. The van der Waals surface area contributed by atoms with Gasteiger partial charge in [-0.1, -0.05) is 13.8 Å². The normalized spacial score (nSPS) is 16.7. The number of nitriles is 1. The Balaban J connectivity index is 1.28. The molecule has 0 radical (unpaired) electrons. The quantitative estimate of drug-likeness (QED) is 0.716. The van der Waals surface area contributed by atoms with Gasteiger partial charge >= 0.3 is 0 Å². The number of carbonyl (C=O) groups excluding carboxylic acids is 1. The van der Waals surface area contributed by atoms with Crippen molar-refractivity contribution >= 4 is 28.1 Å². The van der Waals surface area contributed by atoms with Gasteiger partial charge in [-0.2, -0.15) is 5.26 Å². The van der Waals surface area contributed by atoms with Crippen LogP contribution < -0.4 is 10.2 Å². The van der Waals surface area contributed by atoms with Crippen molar-refractivity contribution in [3.8, 4) is 6.07 Å². The smallest absolute Gasteiger partial charge is 0.226 e. The average molecular weight is 453 g/mol. The minimum Gasteiger partial charge on any atom is -0.354 e. The molecule has 4 rings (SSSR count). The van der Waals surface area contributed by atoms with Crippen LogP contribution in [0.15, 0.2) is 6.07 Å². The molecular weight excluding hydrogens is 420 g/mol. The summed E-state index contributed by atoms with van der Waals surface area (Å²) < 4.78 is 0. The molecule has 1 fully saturated rings. The third kappa shape index (κ3) is 5.11. The van der Waals surface area contributed by atoms with Crippen LogP contribution >= 0.6 is 11.3 Å². The van der Waals surface area contributed by atoms with Crippen LogP contribution in [0.2, 0.25) is 0 Å². The van der Waals surface area contributed by atoms with Crippen molar-refractivity contribution < 1.29 is 4.79 Å². The summed E-state index contributed by atoms with van der Waals surface area (Å²) in [5.41, 5.74) is 2.85. The van der Waals surface area contributed by atoms with E-state index in [1.54, 1.807) is 11.3 Å². The molecule has 1 amide bonds. The largest absolute Gasteiger partial charge is 0.354 e. The van der Waals surface area contributed by atoms with Crippen molar-refractivity contribution in [1.29, 1.82) is 5.26 Å². The molecule has 0 aromatic carbocycles. The fourth-order valence-corrected chi connectivity index (χ4v) is 5.67. The summed E-state index contributed by atoms with van der Waals surface area (Å²) >= 11 is 1.59. The van der Waals surface area contributed by atoms with Gasteiger partial charge in [-0.05, 0) is 38.2 Å². The lowest BCUT2D eigenvalue weighted by atomic mass is 9.96. The van der Waals surface area contributed by atoms with Crippen molar-refractivity contribution in [2.45, 2.75) is 58.8 Å². The molecule has 170 valence electrons. The predicted molar refractivity (Wildman–Crippen MR) is 128 cm³/mol. The van der Waals surface area contributed by atoms with Gasteiger partial charge in [0.1, 0.15) is 22.7 Å². The first-order valence-corrected chi connectivity index (χ1v) is 12.4. The van der Waals surface area contributed by atoms with Gasteiger partial charge in [-0.25, -0.2) is 9.97 Å². The highest BCUT2D eigenvalue weighted by atomic mass is 32.1. The number of anilines is 2. The first-order valence-electron chi connectivity index (χ1n) is 11.6. The third-order valence-electron chi connectivity index (χ3n) is 6.26. The van der Waals surface area contributed by atoms with E-state index < -0.39 is 0 Å². The van der Waals surface area contributed by atoms with E-state index in [9.17, 15) is 10.1 Å². The van der Waals surface area contributed by atoms with E-state index in [1.807, 2.05) is 6.92 Å². The molecule has 0 unspecified atom stereocenters. The lowest BCUT2D eigenvalue weighted by Gasteiger charge is -2.35. The molecule has 7 nitrogen and oxygen atoms in total. The van der Waals surface area contributed by atoms with Crippen LogP contribution in [-0.2, 0) is 17.6 Å². The third-order valence-corrected chi connectivity index (χ3v) is 7.47. The minimum absolute atomic E-state index is 0.00414. The summed E-state index contributed by atoms with van der Waals surface area (Å²) in [7, 11) is 0. The van der Waals surface area contributed by atoms with E-state index in [4.69, 9.17) is 4.98 Å². The molecular formula is C24H32N6OS. The zero-order chi connectivity index (χ0) is 22.7. The lowest BCUT2D eigenvalue weighted by Crippen LogP contribution is -2.47. The molecule has 0 spiro atoms. The number of nitrogens with one attached hydrogen (secondary N) is 1. The Morgan fingerprint density at radius 1 is 1.22 bits per heavy atom. The van der Waals surface area contributed by atoms with Crippen molar-refractivity contribution in [1.82, 2.24) is 14.9 Å². The van der Waals surface area contributed by atoms with E-state index in [2.05, 4.69) is 46.1 Å². The number of amides is 1. The van der Waals surface area contributed by atoms with Crippen molar-refractivity contribution in [2.75, 3.05) is 42.9 Å². The second-order valence-corrected chi connectivity index (χ2v) is 10.1. The maximum absolute atomic E-state index is 12.6. The number of hydrogen-bond donors (Lipinski definition) is 1. The first kappa shape index (κ1) is 22.7. The van der Waals surface area contributed by atoms with Gasteiger partial charge in [0.15, 0.2) is 0 Å². The monoisotopic (exact) mass is 452 g/mol. The highest BCUT2D eigenvalue weighted by Gasteiger charge is 2.23. The number of nitrogens with zero attached hydrogens (tertiary/aromatic N) is 5. The second kappa shape index (κ2) is 9.97. The van der Waals surface area contributed by atoms with E-state index in [0.29, 0.717) is 17.9 Å². The summed E-state index contributed by atoms with van der Waals surface area (Å²) in [6, 6.07) is 4.38. The van der Waals surface area contributed by atoms with Gasteiger partial charge in [0.05, 0.1) is 5.56 Å². The topological polar surface area (TPSA) is 85.1 Å². The molecule has 1 N–H and O–H groups in total. The van der Waals surface area contributed by atoms with Gasteiger partial charge in [0, 0.05) is 61.7 Å². The molecule has 1 aliphatic carbocycles. The second-order valence-electron chi connectivity index (χ2n) is 9.03. The van der Waals surface area contributed by atoms with Crippen LogP contribution in [0.4, 0.5) is 10.8 Å². The Bertz CT molecular complexity index is 1020. The van der Waals surface area contributed by atoms with Crippen LogP contribution in [0.1, 0.15) is 66.6 Å². The van der Waals surface area contributed by atoms with Gasteiger partial charge in [-0.3, -0.25) is 9.69 Å². The summed E-state index contributed by atoms with van der Waals surface area (Å²) in [6.45, 7) is 10.6. The Labute approximate surface area is 194 Å². The molecule has 2 aromatic heterocycles. The maximum atomic E-state index is 12.6. The predicted octanol–water partition coefficient (Wildman–Crippen LogP) is 3.87. The number of aromatic nitrogens is 2. The summed E-state index contributed by atoms with van der Waals surface area (Å²) in [5, 5.41) is 13.3. The van der Waals surface area contributed by atoms with Gasteiger partial charge < -0.3 is 10.2 Å². The molecule has 2 aromatic rings. The van der Waals surface area contributed by atoms with Crippen molar-refractivity contribution in [2.24, 2.45) is 0 Å². The molecule has 1 aliphatic heterocycles. The summed E-state index contributed by atoms with van der Waals surface area (Å²) in [6.07, 6.45) is 4.73. The zero-order valence-electron chi connectivity index (χ0n) is 19.3. The molecule has 8 heteroatoms. The molecule has 3 heterocycles. The molecule has 32 heavy (non-hydrogen) atoms. The van der Waals surface area contributed by atoms with E-state index in [1.165, 1.54) is 11.3 Å². The van der Waals surface area contributed by atoms with Crippen LogP contribution in [-0.4, -0.2) is 53.5 Å². The Morgan fingerprint density at radius 3 is 2.69 bits per heavy atom. The SMILES string of the molecule is Cc1cc(N2CCN(CCC(=O)Nc3sc4c(c3C#N)CCCC4)CC2)nc(C(C)C)n1. The number of fused-ring (bicyclic) bond motifs is 1. The van der Waals surface area contributed by atoms with E-state index in [0.717, 1.165) is 79.9 Å². The average Bonchev–Trinajstić information content (AvgIpc) is 3.14. The Morgan fingerprint density at radius 2 is 1.97 bits per heavy atom. The van der Waals surface area contributed by atoms with Crippen molar-refractivity contribution in [3.63, 3.8) is 0 Å². The minimum atomic E-state index is -0.00414. The molecule has 1 saturated heterocycles. The molecule has 0 atom stereocenters. The number of hydrogen-bond acceptors (Lipinski definition) is 7. The fourth-order valence-electron chi connectivity index (χ4n) is 4.42. The summed E-state index contributed by atoms with van der Waals surface area (Å²) in [4.78, 5) is 27.8. The number of rotatable bonds is 6. The van der Waals surface area contributed by atoms with E-state index >= 15 is 0 Å². The van der Waals surface area contributed by atoms with E-state index in [-0.39, 0.29) is 5.91 Å². The summed E-state index contributed by atoms with van der Waals surface area (Å²) in [5.74, 6) is 2.20. The molecule has 0 saturated carbocycles. The maximum Gasteiger partial charge on any atom is 0.226 e. The molecule has 0 bridgehead atoms. The van der Waals surface area contributed by atoms with Gasteiger partial charge in [-0.15, -0.1) is 11.3 Å². The van der Waals surface area contributed by atoms with Crippen molar-refractivity contribution in [3.05, 3.63) is 33.6 Å². The highest BCUT2D eigenvalue weighted by Crippen LogP contribution is 2.37. The first-order chi connectivity index (χ1) is 15.4. The van der Waals surface area contributed by atoms with Crippen LogP contribution in [0, 0.1) is 18.3 Å². The van der Waals surface area contributed by atoms with Crippen LogP contribution in [0.5, 0.6) is 0 Å². The number of carbonyl (C=O) groups is 1. The standard InChI is InChI=1S/C24H32N6OS/c1-16(2)23-26-17(3)14-21(27-23)30-12-10-29(11-13-30)9-8-22(31)28-24-19(15-25)18-6-4-5-7-20(18)32-24/h14,16H,4-13H2,1-3H3,(H,28,31). The lowest BCUT2D eigenvalue weighted by molar-refractivity contribution is -0.116. The van der Waals surface area contributed by atoms with Crippen LogP contribution in [0.3, 0.4) is 0 Å².